The molecule has 1 N–H and O–H groups in total. The van der Waals surface area contributed by atoms with Gasteiger partial charge in [-0.05, 0) is 44.0 Å². The first-order chi connectivity index (χ1) is 9.76. The molecule has 114 valence electrons. The van der Waals surface area contributed by atoms with Crippen molar-refractivity contribution < 1.29 is 9.47 Å². The maximum Gasteiger partial charge on any atom is 0.119 e. The zero-order chi connectivity index (χ0) is 14.6. The van der Waals surface area contributed by atoms with Crippen molar-refractivity contribution in [3.63, 3.8) is 0 Å². The number of nitrogens with one attached hydrogen (secondary N) is 1. The fourth-order valence-corrected chi connectivity index (χ4v) is 2.01. The fraction of sp³-hybridized carbons (Fsp3) is 0.647. The highest BCUT2D eigenvalue weighted by atomic mass is 16.5. The van der Waals surface area contributed by atoms with E-state index < -0.39 is 0 Å². The highest BCUT2D eigenvalue weighted by Crippen LogP contribution is 2.12. The Labute approximate surface area is 123 Å². The summed E-state index contributed by atoms with van der Waals surface area (Å²) in [5, 5.41) is 3.39. The van der Waals surface area contributed by atoms with Gasteiger partial charge in [0, 0.05) is 6.54 Å². The zero-order valence-electron chi connectivity index (χ0n) is 13.2. The summed E-state index contributed by atoms with van der Waals surface area (Å²) in [6.45, 7) is 9.71. The van der Waals surface area contributed by atoms with E-state index in [0.717, 1.165) is 38.1 Å². The number of ether oxygens (including phenoxy) is 2. The molecule has 0 fully saturated rings. The normalized spacial score (nSPS) is 12.3. The summed E-state index contributed by atoms with van der Waals surface area (Å²) < 4.78 is 11.3. The molecule has 1 unspecified atom stereocenters. The largest absolute Gasteiger partial charge is 0.491 e. The Hall–Kier alpha value is -1.06. The van der Waals surface area contributed by atoms with Gasteiger partial charge in [0.25, 0.3) is 0 Å². The molecule has 0 aliphatic rings. The molecule has 1 rings (SSSR count). The molecule has 20 heavy (non-hydrogen) atoms. The molecule has 1 atom stereocenters. The summed E-state index contributed by atoms with van der Waals surface area (Å²) >= 11 is 0. The second-order valence-electron chi connectivity index (χ2n) is 5.14. The number of hydrogen-bond donors (Lipinski definition) is 1. The quantitative estimate of drug-likeness (QED) is 0.625. The summed E-state index contributed by atoms with van der Waals surface area (Å²) in [5.41, 5.74) is 1.29. The van der Waals surface area contributed by atoms with Gasteiger partial charge in [-0.3, -0.25) is 0 Å². The van der Waals surface area contributed by atoms with Crippen LogP contribution in [0.25, 0.3) is 0 Å². The van der Waals surface area contributed by atoms with Crippen LogP contribution < -0.4 is 10.1 Å². The third kappa shape index (κ3) is 7.51. The van der Waals surface area contributed by atoms with Crippen LogP contribution in [0.3, 0.4) is 0 Å². The third-order valence-corrected chi connectivity index (χ3v) is 3.13. The van der Waals surface area contributed by atoms with Gasteiger partial charge in [-0.25, -0.2) is 0 Å². The minimum Gasteiger partial charge on any atom is -0.491 e. The van der Waals surface area contributed by atoms with E-state index in [0.29, 0.717) is 19.3 Å². The Bertz CT molecular complexity index is 337. The van der Waals surface area contributed by atoms with Gasteiger partial charge in [-0.2, -0.15) is 0 Å². The van der Waals surface area contributed by atoms with Crippen molar-refractivity contribution in [1.29, 1.82) is 0 Å². The van der Waals surface area contributed by atoms with Crippen LogP contribution >= 0.6 is 0 Å². The Balaban J connectivity index is 2.17. The molecule has 0 spiro atoms. The van der Waals surface area contributed by atoms with E-state index in [1.165, 1.54) is 5.56 Å². The summed E-state index contributed by atoms with van der Waals surface area (Å²) in [6, 6.07) is 8.27. The molecular weight excluding hydrogens is 250 g/mol. The van der Waals surface area contributed by atoms with Gasteiger partial charge in [0.15, 0.2) is 0 Å². The topological polar surface area (TPSA) is 30.5 Å². The molecule has 1 aromatic carbocycles. The molecule has 3 heteroatoms. The Kier molecular flexibility index (Phi) is 9.09. The van der Waals surface area contributed by atoms with E-state index in [9.17, 15) is 0 Å². The van der Waals surface area contributed by atoms with Gasteiger partial charge < -0.3 is 14.8 Å². The molecule has 0 aliphatic carbocycles. The van der Waals surface area contributed by atoms with Crippen LogP contribution in [0.4, 0.5) is 0 Å². The van der Waals surface area contributed by atoms with E-state index in [1.54, 1.807) is 0 Å². The van der Waals surface area contributed by atoms with E-state index in [1.807, 2.05) is 12.1 Å². The smallest absolute Gasteiger partial charge is 0.119 e. The average Bonchev–Trinajstić information content (AvgIpc) is 2.46. The maximum absolute atomic E-state index is 5.67. The minimum absolute atomic E-state index is 0.329. The van der Waals surface area contributed by atoms with Crippen molar-refractivity contribution in [3.05, 3.63) is 29.8 Å². The van der Waals surface area contributed by atoms with E-state index >= 15 is 0 Å². The standard InChI is InChI=1S/C17H29NO2/c1-4-6-15(3)19-12-13-20-17-9-7-16(8-10-17)14-18-11-5-2/h7-10,15,18H,4-6,11-14H2,1-3H3. The predicted molar refractivity (Wildman–Crippen MR) is 84.3 cm³/mol. The lowest BCUT2D eigenvalue weighted by Crippen LogP contribution is -2.14. The van der Waals surface area contributed by atoms with Crippen LogP contribution in [0.2, 0.25) is 0 Å². The number of benzene rings is 1. The van der Waals surface area contributed by atoms with Crippen molar-refractivity contribution in [3.8, 4) is 5.75 Å². The van der Waals surface area contributed by atoms with Crippen LogP contribution in [0.15, 0.2) is 24.3 Å². The molecule has 0 aliphatic heterocycles. The van der Waals surface area contributed by atoms with Gasteiger partial charge in [0.05, 0.1) is 12.7 Å². The van der Waals surface area contributed by atoms with Gasteiger partial charge >= 0.3 is 0 Å². The highest BCUT2D eigenvalue weighted by Gasteiger charge is 2.00. The Morgan fingerprint density at radius 2 is 1.80 bits per heavy atom. The molecule has 1 aromatic rings. The Morgan fingerprint density at radius 1 is 1.05 bits per heavy atom. The van der Waals surface area contributed by atoms with Gasteiger partial charge in [0.2, 0.25) is 0 Å². The van der Waals surface area contributed by atoms with Gasteiger partial charge in [0.1, 0.15) is 12.4 Å². The summed E-state index contributed by atoms with van der Waals surface area (Å²) in [7, 11) is 0. The maximum atomic E-state index is 5.67. The molecule has 0 amide bonds. The molecule has 0 saturated heterocycles. The molecule has 0 saturated carbocycles. The molecular formula is C17H29NO2. The van der Waals surface area contributed by atoms with E-state index in [4.69, 9.17) is 9.47 Å². The van der Waals surface area contributed by atoms with Gasteiger partial charge in [-0.15, -0.1) is 0 Å². The fourth-order valence-electron chi connectivity index (χ4n) is 2.01. The molecule has 0 radical (unpaired) electrons. The lowest BCUT2D eigenvalue weighted by atomic mass is 10.2. The Morgan fingerprint density at radius 3 is 2.45 bits per heavy atom. The number of rotatable bonds is 11. The van der Waals surface area contributed by atoms with Crippen LogP contribution in [0.5, 0.6) is 5.75 Å². The molecule has 0 aromatic heterocycles. The monoisotopic (exact) mass is 279 g/mol. The number of hydrogen-bond acceptors (Lipinski definition) is 3. The average molecular weight is 279 g/mol. The van der Waals surface area contributed by atoms with Crippen molar-refractivity contribution in [2.45, 2.75) is 52.7 Å². The molecule has 0 heterocycles. The van der Waals surface area contributed by atoms with Crippen LogP contribution in [-0.2, 0) is 11.3 Å². The second kappa shape index (κ2) is 10.7. The van der Waals surface area contributed by atoms with Crippen molar-refractivity contribution in [2.75, 3.05) is 19.8 Å². The highest BCUT2D eigenvalue weighted by molar-refractivity contribution is 5.27. The van der Waals surface area contributed by atoms with Crippen molar-refractivity contribution in [1.82, 2.24) is 5.32 Å². The molecule has 0 bridgehead atoms. The molecule has 3 nitrogen and oxygen atoms in total. The summed E-state index contributed by atoms with van der Waals surface area (Å²) in [6.07, 6.45) is 3.77. The predicted octanol–water partition coefficient (Wildman–Crippen LogP) is 3.77. The lowest BCUT2D eigenvalue weighted by molar-refractivity contribution is 0.0395. The summed E-state index contributed by atoms with van der Waals surface area (Å²) in [5.74, 6) is 0.913. The summed E-state index contributed by atoms with van der Waals surface area (Å²) in [4.78, 5) is 0. The first kappa shape index (κ1) is 17.0. The zero-order valence-corrected chi connectivity index (χ0v) is 13.2. The van der Waals surface area contributed by atoms with E-state index in [-0.39, 0.29) is 0 Å². The van der Waals surface area contributed by atoms with Crippen LogP contribution in [-0.4, -0.2) is 25.9 Å². The van der Waals surface area contributed by atoms with Crippen molar-refractivity contribution in [2.24, 2.45) is 0 Å². The first-order valence-electron chi connectivity index (χ1n) is 7.80. The lowest BCUT2D eigenvalue weighted by Gasteiger charge is -2.12. The first-order valence-corrected chi connectivity index (χ1v) is 7.80. The third-order valence-electron chi connectivity index (χ3n) is 3.13. The second-order valence-corrected chi connectivity index (χ2v) is 5.14. The SMILES string of the molecule is CCCNCc1ccc(OCCOC(C)CCC)cc1. The van der Waals surface area contributed by atoms with Crippen LogP contribution in [0, 0.1) is 0 Å². The van der Waals surface area contributed by atoms with Crippen molar-refractivity contribution >= 4 is 0 Å². The van der Waals surface area contributed by atoms with Crippen LogP contribution in [0.1, 0.15) is 45.6 Å². The van der Waals surface area contributed by atoms with Gasteiger partial charge in [-0.1, -0.05) is 32.4 Å². The van der Waals surface area contributed by atoms with E-state index in [2.05, 4.69) is 38.2 Å². The minimum atomic E-state index is 0.329.